The van der Waals surface area contributed by atoms with Crippen molar-refractivity contribution in [3.8, 4) is 0 Å². The molecule has 2 aromatic carbocycles. The van der Waals surface area contributed by atoms with E-state index in [-0.39, 0.29) is 13.0 Å². The molecule has 1 unspecified atom stereocenters. The number of sulfonamides is 1. The lowest BCUT2D eigenvalue weighted by atomic mass is 9.95. The number of amides is 1. The van der Waals surface area contributed by atoms with Gasteiger partial charge in [-0.05, 0) is 35.7 Å². The van der Waals surface area contributed by atoms with Crippen LogP contribution in [0.2, 0.25) is 0 Å². The van der Waals surface area contributed by atoms with Gasteiger partial charge in [0, 0.05) is 13.6 Å². The molecule has 0 saturated heterocycles. The summed E-state index contributed by atoms with van der Waals surface area (Å²) in [5.41, 5.74) is 1.57. The fourth-order valence-electron chi connectivity index (χ4n) is 2.94. The van der Waals surface area contributed by atoms with E-state index in [4.69, 9.17) is 0 Å². The fourth-order valence-corrected chi connectivity index (χ4v) is 4.59. The lowest BCUT2D eigenvalue weighted by Crippen LogP contribution is -2.51. The molecule has 0 aromatic heterocycles. The topological polar surface area (TPSA) is 66.5 Å². The van der Waals surface area contributed by atoms with Crippen LogP contribution in [0, 0.1) is 11.6 Å². The molecule has 1 amide bonds. The second-order valence-electron chi connectivity index (χ2n) is 5.73. The van der Waals surface area contributed by atoms with Crippen LogP contribution in [0.4, 0.5) is 8.78 Å². The minimum absolute atomic E-state index is 0.0907. The fraction of sp³-hybridized carbons (Fsp3) is 0.235. The molecule has 2 aromatic rings. The number of hydrogen-bond acceptors (Lipinski definition) is 3. The summed E-state index contributed by atoms with van der Waals surface area (Å²) in [5, 5.41) is 2.43. The van der Waals surface area contributed by atoms with Crippen LogP contribution in [0.15, 0.2) is 47.4 Å². The summed E-state index contributed by atoms with van der Waals surface area (Å²) in [7, 11) is -3.01. The van der Waals surface area contributed by atoms with Gasteiger partial charge in [0.15, 0.2) is 0 Å². The number of nitrogens with zero attached hydrogens (tertiary/aromatic N) is 1. The van der Waals surface area contributed by atoms with E-state index in [1.165, 1.54) is 7.05 Å². The number of fused-ring (bicyclic) bond motifs is 1. The molecule has 5 nitrogen and oxygen atoms in total. The first kappa shape index (κ1) is 17.5. The van der Waals surface area contributed by atoms with Crippen molar-refractivity contribution in [1.29, 1.82) is 0 Å². The number of carbonyl (C=O) groups is 1. The Hall–Kier alpha value is -2.32. The summed E-state index contributed by atoms with van der Waals surface area (Å²) < 4.78 is 54.3. The molecule has 0 fully saturated rings. The van der Waals surface area contributed by atoms with Gasteiger partial charge in [-0.25, -0.2) is 17.2 Å². The molecule has 0 radical (unpaired) electrons. The zero-order valence-electron chi connectivity index (χ0n) is 13.4. The van der Waals surface area contributed by atoms with Gasteiger partial charge < -0.3 is 5.32 Å². The van der Waals surface area contributed by atoms with Gasteiger partial charge in [-0.1, -0.05) is 24.3 Å². The van der Waals surface area contributed by atoms with Crippen molar-refractivity contribution in [1.82, 2.24) is 9.62 Å². The van der Waals surface area contributed by atoms with Crippen molar-refractivity contribution in [2.45, 2.75) is 23.9 Å². The smallest absolute Gasteiger partial charge is 0.247 e. The van der Waals surface area contributed by atoms with Gasteiger partial charge in [0.05, 0.1) is 0 Å². The van der Waals surface area contributed by atoms with E-state index >= 15 is 0 Å². The molecule has 25 heavy (non-hydrogen) atoms. The molecule has 0 bridgehead atoms. The molecule has 1 aliphatic heterocycles. The van der Waals surface area contributed by atoms with Gasteiger partial charge >= 0.3 is 0 Å². The maximum absolute atomic E-state index is 14.1. The third kappa shape index (κ3) is 3.14. The Labute approximate surface area is 144 Å². The van der Waals surface area contributed by atoms with Crippen LogP contribution in [-0.2, 0) is 27.8 Å². The van der Waals surface area contributed by atoms with Crippen molar-refractivity contribution in [3.05, 3.63) is 65.2 Å². The van der Waals surface area contributed by atoms with Crippen LogP contribution < -0.4 is 5.32 Å². The highest BCUT2D eigenvalue weighted by Gasteiger charge is 2.40. The van der Waals surface area contributed by atoms with Crippen molar-refractivity contribution in [3.63, 3.8) is 0 Å². The maximum Gasteiger partial charge on any atom is 0.247 e. The normalized spacial score (nSPS) is 17.8. The largest absolute Gasteiger partial charge is 0.358 e. The third-order valence-corrected chi connectivity index (χ3v) is 6.10. The monoisotopic (exact) mass is 366 g/mol. The van der Waals surface area contributed by atoms with E-state index in [9.17, 15) is 22.0 Å². The molecule has 132 valence electrons. The second-order valence-corrected chi connectivity index (χ2v) is 7.59. The summed E-state index contributed by atoms with van der Waals surface area (Å²) >= 11 is 0. The van der Waals surface area contributed by atoms with Gasteiger partial charge in [0.1, 0.15) is 22.6 Å². The third-order valence-electron chi connectivity index (χ3n) is 4.23. The molecule has 1 heterocycles. The molecular weight excluding hydrogens is 350 g/mol. The summed E-state index contributed by atoms with van der Waals surface area (Å²) in [6.07, 6.45) is 0.159. The average Bonchev–Trinajstić information content (AvgIpc) is 2.61. The van der Waals surface area contributed by atoms with Crippen molar-refractivity contribution < 1.29 is 22.0 Å². The van der Waals surface area contributed by atoms with E-state index < -0.39 is 38.5 Å². The lowest BCUT2D eigenvalue weighted by Gasteiger charge is -2.34. The number of nitrogens with one attached hydrogen (secondary N) is 1. The van der Waals surface area contributed by atoms with Crippen LogP contribution in [0.25, 0.3) is 0 Å². The van der Waals surface area contributed by atoms with Gasteiger partial charge in [0.25, 0.3) is 0 Å². The van der Waals surface area contributed by atoms with E-state index in [1.807, 2.05) is 6.07 Å². The maximum atomic E-state index is 14.1. The van der Waals surface area contributed by atoms with Crippen LogP contribution >= 0.6 is 0 Å². The van der Waals surface area contributed by atoms with Gasteiger partial charge in [-0.2, -0.15) is 4.31 Å². The quantitative estimate of drug-likeness (QED) is 0.901. The Morgan fingerprint density at radius 2 is 1.84 bits per heavy atom. The second kappa shape index (κ2) is 6.53. The lowest BCUT2D eigenvalue weighted by molar-refractivity contribution is -0.124. The first-order chi connectivity index (χ1) is 11.8. The van der Waals surface area contributed by atoms with Crippen LogP contribution in [-0.4, -0.2) is 31.7 Å². The predicted molar refractivity (Wildman–Crippen MR) is 87.1 cm³/mol. The van der Waals surface area contributed by atoms with Gasteiger partial charge in [0.2, 0.25) is 15.9 Å². The van der Waals surface area contributed by atoms with Crippen molar-refractivity contribution >= 4 is 15.9 Å². The van der Waals surface area contributed by atoms with Gasteiger partial charge in [-0.15, -0.1) is 0 Å². The van der Waals surface area contributed by atoms with Crippen LogP contribution in [0.1, 0.15) is 11.1 Å². The first-order valence-electron chi connectivity index (χ1n) is 7.60. The standard InChI is InChI=1S/C17H16F2N2O3S/c1-20-17(22)15-8-11-4-2-3-5-12(11)10-21(15)25(23,24)16-9-13(18)6-7-14(16)19/h2-7,9,15H,8,10H2,1H3,(H,20,22). The summed E-state index contributed by atoms with van der Waals surface area (Å²) in [4.78, 5) is 11.5. The predicted octanol–water partition coefficient (Wildman–Crippen LogP) is 1.83. The molecule has 1 atom stereocenters. The van der Waals surface area contributed by atoms with E-state index in [2.05, 4.69) is 5.32 Å². The Bertz CT molecular complexity index is 931. The number of hydrogen-bond donors (Lipinski definition) is 1. The first-order valence-corrected chi connectivity index (χ1v) is 9.04. The molecule has 0 spiro atoms. The van der Waals surface area contributed by atoms with E-state index in [0.717, 1.165) is 27.6 Å². The molecule has 0 aliphatic carbocycles. The SMILES string of the molecule is CNC(=O)C1Cc2ccccc2CN1S(=O)(=O)c1cc(F)ccc1F. The number of likely N-dealkylation sites (N-methyl/N-ethyl adjacent to an activating group) is 1. The summed E-state index contributed by atoms with van der Waals surface area (Å²) in [6.45, 7) is -0.0907. The number of halogens is 2. The van der Waals surface area contributed by atoms with E-state index in [1.54, 1.807) is 18.2 Å². The van der Waals surface area contributed by atoms with Crippen molar-refractivity contribution in [2.24, 2.45) is 0 Å². The number of carbonyl (C=O) groups excluding carboxylic acids is 1. The average molecular weight is 366 g/mol. The molecule has 8 heteroatoms. The highest BCUT2D eigenvalue weighted by molar-refractivity contribution is 7.89. The minimum atomic E-state index is -4.40. The zero-order chi connectivity index (χ0) is 18.2. The molecule has 1 aliphatic rings. The highest BCUT2D eigenvalue weighted by Crippen LogP contribution is 2.30. The molecule has 1 N–H and O–H groups in total. The number of rotatable bonds is 3. The summed E-state index contributed by atoms with van der Waals surface area (Å²) in [5.74, 6) is -2.43. The minimum Gasteiger partial charge on any atom is -0.358 e. The van der Waals surface area contributed by atoms with Crippen LogP contribution in [0.3, 0.4) is 0 Å². The number of benzene rings is 2. The Balaban J connectivity index is 2.11. The zero-order valence-corrected chi connectivity index (χ0v) is 14.2. The molecule has 0 saturated carbocycles. The Kier molecular flexibility index (Phi) is 4.57. The van der Waals surface area contributed by atoms with Crippen molar-refractivity contribution in [2.75, 3.05) is 7.05 Å². The van der Waals surface area contributed by atoms with Crippen LogP contribution in [0.5, 0.6) is 0 Å². The summed E-state index contributed by atoms with van der Waals surface area (Å²) in [6, 6.07) is 8.32. The van der Waals surface area contributed by atoms with E-state index in [0.29, 0.717) is 6.07 Å². The Morgan fingerprint density at radius 1 is 1.16 bits per heavy atom. The van der Waals surface area contributed by atoms with Gasteiger partial charge in [-0.3, -0.25) is 4.79 Å². The molecular formula is C17H16F2N2O3S. The highest BCUT2D eigenvalue weighted by atomic mass is 32.2. The molecule has 3 rings (SSSR count). The Morgan fingerprint density at radius 3 is 2.52 bits per heavy atom.